The number of halogens is 1. The Morgan fingerprint density at radius 1 is 1.67 bits per heavy atom. The predicted molar refractivity (Wildman–Crippen MR) is 72.3 cm³/mol. The Labute approximate surface area is 117 Å². The fourth-order valence-corrected chi connectivity index (χ4v) is 2.92. The van der Waals surface area contributed by atoms with Gasteiger partial charge in [0.25, 0.3) is 0 Å². The molecule has 0 radical (unpaired) electrons. The van der Waals surface area contributed by atoms with Crippen LogP contribution in [0.3, 0.4) is 0 Å². The molecule has 1 unspecified atom stereocenters. The molecule has 4 N–H and O–H groups in total. The molecular formula is C10H14IN3O4. The summed E-state index contributed by atoms with van der Waals surface area (Å²) in [6, 6.07) is 1.51. The van der Waals surface area contributed by atoms with Crippen LogP contribution in [-0.4, -0.2) is 42.5 Å². The molecule has 1 fully saturated rings. The average Bonchev–Trinajstić information content (AvgIpc) is 2.30. The zero-order valence-electron chi connectivity index (χ0n) is 9.44. The lowest BCUT2D eigenvalue weighted by Gasteiger charge is -2.36. The highest BCUT2D eigenvalue weighted by atomic mass is 127. The van der Waals surface area contributed by atoms with E-state index in [4.69, 9.17) is 15.6 Å². The fraction of sp³-hybridized carbons (Fsp3) is 0.600. The lowest BCUT2D eigenvalue weighted by atomic mass is 10.0. The zero-order chi connectivity index (χ0) is 13.3. The molecule has 2 heterocycles. The number of nitrogens with zero attached hydrogens (tertiary/aromatic N) is 2. The molecular weight excluding hydrogens is 353 g/mol. The van der Waals surface area contributed by atoms with Gasteiger partial charge in [0, 0.05) is 6.20 Å². The van der Waals surface area contributed by atoms with Crippen LogP contribution >= 0.6 is 22.6 Å². The second-order valence-corrected chi connectivity index (χ2v) is 5.71. The van der Waals surface area contributed by atoms with Gasteiger partial charge in [0.15, 0.2) is 6.23 Å². The largest absolute Gasteiger partial charge is 0.394 e. The summed E-state index contributed by atoms with van der Waals surface area (Å²) in [7, 11) is 0. The van der Waals surface area contributed by atoms with Gasteiger partial charge in [0.2, 0.25) is 0 Å². The summed E-state index contributed by atoms with van der Waals surface area (Å²) in [5.41, 5.74) is 4.92. The lowest BCUT2D eigenvalue weighted by molar-refractivity contribution is -0.154. The number of rotatable bonds is 2. The molecule has 18 heavy (non-hydrogen) atoms. The fourth-order valence-electron chi connectivity index (χ4n) is 1.88. The van der Waals surface area contributed by atoms with Crippen molar-refractivity contribution >= 4 is 28.4 Å². The molecule has 2 rings (SSSR count). The summed E-state index contributed by atoms with van der Waals surface area (Å²) < 4.78 is 6.77. The summed E-state index contributed by atoms with van der Waals surface area (Å²) in [6.45, 7) is -0.293. The van der Waals surface area contributed by atoms with Gasteiger partial charge in [-0.25, -0.2) is 4.79 Å². The van der Waals surface area contributed by atoms with Gasteiger partial charge in [-0.3, -0.25) is 4.57 Å². The first kappa shape index (κ1) is 13.7. The van der Waals surface area contributed by atoms with Crippen LogP contribution in [0.5, 0.6) is 0 Å². The van der Waals surface area contributed by atoms with E-state index in [2.05, 4.69) is 27.6 Å². The maximum Gasteiger partial charge on any atom is 0.351 e. The van der Waals surface area contributed by atoms with Crippen molar-refractivity contribution in [1.82, 2.24) is 9.55 Å². The van der Waals surface area contributed by atoms with Crippen LogP contribution in [0.1, 0.15) is 12.6 Å². The van der Waals surface area contributed by atoms with Crippen LogP contribution in [0.4, 0.5) is 5.82 Å². The quantitative estimate of drug-likeness (QED) is 0.470. The van der Waals surface area contributed by atoms with Gasteiger partial charge in [-0.15, -0.1) is 0 Å². The molecule has 1 saturated heterocycles. The average molecular weight is 367 g/mol. The minimum Gasteiger partial charge on any atom is -0.394 e. The van der Waals surface area contributed by atoms with Crippen molar-refractivity contribution in [2.24, 2.45) is 0 Å². The van der Waals surface area contributed by atoms with Gasteiger partial charge in [0.05, 0.1) is 16.6 Å². The van der Waals surface area contributed by atoms with E-state index in [0.717, 1.165) is 0 Å². The maximum absolute atomic E-state index is 11.7. The number of aliphatic hydroxyl groups excluding tert-OH is 2. The van der Waals surface area contributed by atoms with Gasteiger partial charge >= 0.3 is 5.69 Å². The van der Waals surface area contributed by atoms with Crippen LogP contribution in [0.25, 0.3) is 0 Å². The number of nitrogens with two attached hydrogens (primary N) is 1. The Morgan fingerprint density at radius 2 is 2.39 bits per heavy atom. The molecule has 0 aliphatic carbocycles. The molecule has 0 saturated carbocycles. The standard InChI is InChI=1S/C10H14IN3O4/c11-5-3-6(16)7(4-15)18-9(5)14-2-1-8(12)13-10(14)17/h1-2,5-7,9,15-16H,3-4H2,(H2,12,13,17)/t5?,6-,7-,9-/m1/s1. The Bertz CT molecular complexity index is 480. The van der Waals surface area contributed by atoms with E-state index >= 15 is 0 Å². The number of ether oxygens (including phenoxy) is 1. The number of aromatic nitrogens is 2. The van der Waals surface area contributed by atoms with E-state index in [1.807, 2.05) is 0 Å². The third-order valence-corrected chi connectivity index (χ3v) is 3.95. The highest BCUT2D eigenvalue weighted by Gasteiger charge is 2.36. The predicted octanol–water partition coefficient (Wildman–Crippen LogP) is -0.730. The van der Waals surface area contributed by atoms with E-state index in [-0.39, 0.29) is 16.3 Å². The van der Waals surface area contributed by atoms with Crippen LogP contribution in [-0.2, 0) is 4.74 Å². The van der Waals surface area contributed by atoms with Gasteiger partial charge in [-0.05, 0) is 12.5 Å². The molecule has 8 heteroatoms. The first-order valence-electron chi connectivity index (χ1n) is 5.46. The Kier molecular flexibility index (Phi) is 4.20. The van der Waals surface area contributed by atoms with Crippen molar-refractivity contribution in [3.8, 4) is 0 Å². The van der Waals surface area contributed by atoms with Gasteiger partial charge in [-0.1, -0.05) is 22.6 Å². The van der Waals surface area contributed by atoms with E-state index in [0.29, 0.717) is 6.42 Å². The highest BCUT2D eigenvalue weighted by Crippen LogP contribution is 2.32. The highest BCUT2D eigenvalue weighted by molar-refractivity contribution is 14.1. The van der Waals surface area contributed by atoms with Crippen molar-refractivity contribution in [3.63, 3.8) is 0 Å². The summed E-state index contributed by atoms with van der Waals surface area (Å²) in [4.78, 5) is 15.4. The van der Waals surface area contributed by atoms with E-state index in [1.54, 1.807) is 0 Å². The Balaban J connectivity index is 2.29. The molecule has 0 spiro atoms. The smallest absolute Gasteiger partial charge is 0.351 e. The van der Waals surface area contributed by atoms with Crippen LogP contribution < -0.4 is 11.4 Å². The van der Waals surface area contributed by atoms with Crippen molar-refractivity contribution in [1.29, 1.82) is 0 Å². The van der Waals surface area contributed by atoms with Gasteiger partial charge in [0.1, 0.15) is 11.9 Å². The molecule has 1 aliphatic rings. The molecule has 1 aromatic rings. The molecule has 1 aromatic heterocycles. The molecule has 100 valence electrons. The molecule has 7 nitrogen and oxygen atoms in total. The normalized spacial score (nSPS) is 32.4. The number of nitrogen functional groups attached to an aromatic ring is 1. The number of aliphatic hydroxyl groups is 2. The van der Waals surface area contributed by atoms with Gasteiger partial charge in [-0.2, -0.15) is 4.98 Å². The van der Waals surface area contributed by atoms with E-state index in [1.165, 1.54) is 16.8 Å². The number of hydrogen-bond donors (Lipinski definition) is 3. The summed E-state index contributed by atoms with van der Waals surface area (Å²) in [5, 5.41) is 18.8. The summed E-state index contributed by atoms with van der Waals surface area (Å²) in [6.07, 6.45) is -0.0387. The van der Waals surface area contributed by atoms with E-state index < -0.39 is 24.1 Å². The van der Waals surface area contributed by atoms with Crippen LogP contribution in [0, 0.1) is 0 Å². The molecule has 0 aromatic carbocycles. The summed E-state index contributed by atoms with van der Waals surface area (Å²) >= 11 is 2.10. The Morgan fingerprint density at radius 3 is 3.00 bits per heavy atom. The molecule has 0 bridgehead atoms. The minimum absolute atomic E-state index is 0.0940. The van der Waals surface area contributed by atoms with Crippen LogP contribution in [0.15, 0.2) is 17.1 Å². The number of anilines is 1. The van der Waals surface area contributed by atoms with Crippen molar-refractivity contribution < 1.29 is 14.9 Å². The van der Waals surface area contributed by atoms with E-state index in [9.17, 15) is 9.90 Å². The maximum atomic E-state index is 11.7. The number of hydrogen-bond acceptors (Lipinski definition) is 6. The number of alkyl halides is 1. The van der Waals surface area contributed by atoms with Crippen molar-refractivity contribution in [2.45, 2.75) is 28.8 Å². The second-order valence-electron chi connectivity index (χ2n) is 4.11. The van der Waals surface area contributed by atoms with Gasteiger partial charge < -0.3 is 20.7 Å². The molecule has 0 amide bonds. The minimum atomic E-state index is -0.731. The zero-order valence-corrected chi connectivity index (χ0v) is 11.6. The van der Waals surface area contributed by atoms with Crippen molar-refractivity contribution in [2.75, 3.05) is 12.3 Å². The Hall–Kier alpha value is -0.710. The third kappa shape index (κ3) is 2.66. The van der Waals surface area contributed by atoms with Crippen LogP contribution in [0.2, 0.25) is 0 Å². The lowest BCUT2D eigenvalue weighted by Crippen LogP contribution is -2.47. The third-order valence-electron chi connectivity index (χ3n) is 2.83. The van der Waals surface area contributed by atoms with Crippen molar-refractivity contribution in [3.05, 3.63) is 22.7 Å². The second kappa shape index (κ2) is 5.51. The molecule has 1 aliphatic heterocycles. The first-order chi connectivity index (χ1) is 8.52. The first-order valence-corrected chi connectivity index (χ1v) is 6.70. The monoisotopic (exact) mass is 367 g/mol. The SMILES string of the molecule is Nc1ccn([C@@H]2O[C@H](CO)[C@H](O)CC2I)c(=O)n1. The molecule has 4 atom stereocenters. The topological polar surface area (TPSA) is 111 Å². The summed E-state index contributed by atoms with van der Waals surface area (Å²) in [5.74, 6) is 0.149.